The van der Waals surface area contributed by atoms with Gasteiger partial charge in [-0.1, -0.05) is 6.07 Å². The zero-order valence-electron chi connectivity index (χ0n) is 8.09. The second-order valence-corrected chi connectivity index (χ2v) is 4.04. The molecule has 1 N–H and O–H groups in total. The van der Waals surface area contributed by atoms with Crippen LogP contribution < -0.4 is 4.74 Å². The molecule has 2 rings (SSSR count). The van der Waals surface area contributed by atoms with Gasteiger partial charge in [-0.3, -0.25) is 4.98 Å². The molecule has 0 spiro atoms. The van der Waals surface area contributed by atoms with Crippen LogP contribution in [0.15, 0.2) is 35.8 Å². The van der Waals surface area contributed by atoms with E-state index in [-0.39, 0.29) is 6.61 Å². The topological polar surface area (TPSA) is 42.4 Å². The predicted molar refractivity (Wildman–Crippen MR) is 58.8 cm³/mol. The first kappa shape index (κ1) is 10.1. The number of thiophene rings is 1. The number of hydrogen-bond acceptors (Lipinski definition) is 4. The molecule has 0 saturated carbocycles. The summed E-state index contributed by atoms with van der Waals surface area (Å²) in [5, 5.41) is 10.8. The molecular formula is C11H11NO2S. The van der Waals surface area contributed by atoms with Crippen molar-refractivity contribution in [1.29, 1.82) is 0 Å². The monoisotopic (exact) mass is 221 g/mol. The van der Waals surface area contributed by atoms with Crippen LogP contribution in [0.5, 0.6) is 5.75 Å². The van der Waals surface area contributed by atoms with E-state index in [4.69, 9.17) is 9.84 Å². The number of ether oxygens (including phenoxy) is 1. The van der Waals surface area contributed by atoms with E-state index in [9.17, 15) is 0 Å². The van der Waals surface area contributed by atoms with Crippen LogP contribution in [0.2, 0.25) is 0 Å². The summed E-state index contributed by atoms with van der Waals surface area (Å²) in [4.78, 5) is 5.21. The normalized spacial score (nSPS) is 10.2. The van der Waals surface area contributed by atoms with Crippen molar-refractivity contribution in [2.24, 2.45) is 0 Å². The van der Waals surface area contributed by atoms with E-state index >= 15 is 0 Å². The highest BCUT2D eigenvalue weighted by molar-refractivity contribution is 7.09. The Morgan fingerprint density at radius 2 is 2.27 bits per heavy atom. The van der Waals surface area contributed by atoms with Crippen LogP contribution >= 0.6 is 11.3 Å². The van der Waals surface area contributed by atoms with Gasteiger partial charge in [0.15, 0.2) is 0 Å². The van der Waals surface area contributed by atoms with Crippen LogP contribution in [-0.4, -0.2) is 10.1 Å². The average molecular weight is 221 g/mol. The molecule has 0 radical (unpaired) electrons. The lowest BCUT2D eigenvalue weighted by atomic mass is 10.3. The van der Waals surface area contributed by atoms with Gasteiger partial charge in [0.1, 0.15) is 12.4 Å². The third kappa shape index (κ3) is 2.78. The van der Waals surface area contributed by atoms with Crippen molar-refractivity contribution in [3.8, 4) is 5.75 Å². The third-order valence-corrected chi connectivity index (χ3v) is 2.77. The van der Waals surface area contributed by atoms with Gasteiger partial charge in [0.25, 0.3) is 0 Å². The number of aliphatic hydroxyl groups is 1. The highest BCUT2D eigenvalue weighted by atomic mass is 32.1. The zero-order valence-corrected chi connectivity index (χ0v) is 8.91. The maximum absolute atomic E-state index is 8.81. The van der Waals surface area contributed by atoms with Gasteiger partial charge in [-0.05, 0) is 23.6 Å². The Morgan fingerprint density at radius 1 is 1.33 bits per heavy atom. The highest BCUT2D eigenvalue weighted by Gasteiger charge is 1.97. The lowest BCUT2D eigenvalue weighted by molar-refractivity contribution is 0.275. The van der Waals surface area contributed by atoms with Gasteiger partial charge in [-0.2, -0.15) is 0 Å². The molecule has 0 aliphatic heterocycles. The molecule has 3 nitrogen and oxygen atoms in total. The van der Waals surface area contributed by atoms with Crippen molar-refractivity contribution in [3.63, 3.8) is 0 Å². The molecule has 0 saturated heterocycles. The summed E-state index contributed by atoms with van der Waals surface area (Å²) in [5.41, 5.74) is 0.651. The second kappa shape index (κ2) is 4.91. The number of nitrogens with zero attached hydrogens (tertiary/aromatic N) is 1. The van der Waals surface area contributed by atoms with Gasteiger partial charge >= 0.3 is 0 Å². The molecule has 2 heterocycles. The summed E-state index contributed by atoms with van der Waals surface area (Å²) in [7, 11) is 0. The SMILES string of the molecule is OCc1ccc(OCc2cccs2)cn1. The number of rotatable bonds is 4. The molecule has 0 aromatic carbocycles. The Morgan fingerprint density at radius 3 is 2.87 bits per heavy atom. The number of pyridine rings is 1. The standard InChI is InChI=1S/C11H11NO2S/c13-7-9-3-4-10(6-12-9)14-8-11-2-1-5-15-11/h1-6,13H,7-8H2. The lowest BCUT2D eigenvalue weighted by Gasteiger charge is -2.04. The minimum Gasteiger partial charge on any atom is -0.486 e. The van der Waals surface area contributed by atoms with Crippen LogP contribution in [0.3, 0.4) is 0 Å². The van der Waals surface area contributed by atoms with Crippen molar-refractivity contribution in [2.75, 3.05) is 0 Å². The van der Waals surface area contributed by atoms with Gasteiger partial charge in [0.05, 0.1) is 18.5 Å². The van der Waals surface area contributed by atoms with Crippen molar-refractivity contribution in [2.45, 2.75) is 13.2 Å². The maximum atomic E-state index is 8.81. The summed E-state index contributed by atoms with van der Waals surface area (Å²) in [5.74, 6) is 0.723. The number of aromatic nitrogens is 1. The van der Waals surface area contributed by atoms with Crippen LogP contribution in [-0.2, 0) is 13.2 Å². The van der Waals surface area contributed by atoms with Crippen LogP contribution in [0.1, 0.15) is 10.6 Å². The summed E-state index contributed by atoms with van der Waals surface area (Å²) in [6.07, 6.45) is 1.62. The van der Waals surface area contributed by atoms with E-state index in [2.05, 4.69) is 4.98 Å². The van der Waals surface area contributed by atoms with Gasteiger partial charge in [0, 0.05) is 4.88 Å². The van der Waals surface area contributed by atoms with Crippen molar-refractivity contribution >= 4 is 11.3 Å². The Bertz CT molecular complexity index is 397. The first-order valence-corrected chi connectivity index (χ1v) is 5.47. The molecule has 0 bridgehead atoms. The van der Waals surface area contributed by atoms with Crippen molar-refractivity contribution < 1.29 is 9.84 Å². The van der Waals surface area contributed by atoms with E-state index in [0.29, 0.717) is 12.3 Å². The van der Waals surface area contributed by atoms with Gasteiger partial charge < -0.3 is 9.84 Å². The van der Waals surface area contributed by atoms with Crippen molar-refractivity contribution in [1.82, 2.24) is 4.98 Å². The van der Waals surface area contributed by atoms with E-state index in [1.807, 2.05) is 23.6 Å². The molecule has 78 valence electrons. The third-order valence-electron chi connectivity index (χ3n) is 1.92. The Hall–Kier alpha value is -1.39. The quantitative estimate of drug-likeness (QED) is 0.860. The Labute approximate surface area is 92.0 Å². The molecule has 0 aliphatic carbocycles. The number of aliphatic hydroxyl groups excluding tert-OH is 1. The molecular weight excluding hydrogens is 210 g/mol. The molecule has 0 fully saturated rings. The fraction of sp³-hybridized carbons (Fsp3) is 0.182. The van der Waals surface area contributed by atoms with E-state index in [1.54, 1.807) is 23.6 Å². The smallest absolute Gasteiger partial charge is 0.138 e. The molecule has 0 aliphatic rings. The molecule has 0 amide bonds. The largest absolute Gasteiger partial charge is 0.486 e. The maximum Gasteiger partial charge on any atom is 0.138 e. The molecule has 0 atom stereocenters. The van der Waals surface area contributed by atoms with Gasteiger partial charge in [-0.15, -0.1) is 11.3 Å². The summed E-state index contributed by atoms with van der Waals surface area (Å²) < 4.78 is 5.52. The van der Waals surface area contributed by atoms with E-state index in [0.717, 1.165) is 5.75 Å². The van der Waals surface area contributed by atoms with Crippen LogP contribution in [0.25, 0.3) is 0 Å². The number of hydrogen-bond donors (Lipinski definition) is 1. The predicted octanol–water partition coefficient (Wildman–Crippen LogP) is 2.21. The molecule has 2 aromatic heterocycles. The summed E-state index contributed by atoms with van der Waals surface area (Å²) in [6.45, 7) is 0.531. The lowest BCUT2D eigenvalue weighted by Crippen LogP contribution is -1.94. The van der Waals surface area contributed by atoms with Crippen LogP contribution in [0, 0.1) is 0 Å². The Kier molecular flexibility index (Phi) is 3.32. The Balaban J connectivity index is 1.93. The van der Waals surface area contributed by atoms with E-state index < -0.39 is 0 Å². The first-order valence-electron chi connectivity index (χ1n) is 4.59. The van der Waals surface area contributed by atoms with E-state index in [1.165, 1.54) is 4.88 Å². The summed E-state index contributed by atoms with van der Waals surface area (Å²) >= 11 is 1.66. The first-order chi connectivity index (χ1) is 7.38. The average Bonchev–Trinajstić information content (AvgIpc) is 2.80. The minimum absolute atomic E-state index is 0.0365. The molecule has 0 unspecified atom stereocenters. The second-order valence-electron chi connectivity index (χ2n) is 3.01. The van der Waals surface area contributed by atoms with Crippen LogP contribution in [0.4, 0.5) is 0 Å². The summed E-state index contributed by atoms with van der Waals surface area (Å²) in [6, 6.07) is 7.59. The van der Waals surface area contributed by atoms with Gasteiger partial charge in [-0.25, -0.2) is 0 Å². The molecule has 2 aromatic rings. The fourth-order valence-corrected chi connectivity index (χ4v) is 1.76. The highest BCUT2D eigenvalue weighted by Crippen LogP contribution is 2.14. The van der Waals surface area contributed by atoms with Gasteiger partial charge in [0.2, 0.25) is 0 Å². The molecule has 15 heavy (non-hydrogen) atoms. The zero-order chi connectivity index (χ0) is 10.5. The minimum atomic E-state index is -0.0365. The molecule has 4 heteroatoms. The fourth-order valence-electron chi connectivity index (χ4n) is 1.14. The van der Waals surface area contributed by atoms with Crippen molar-refractivity contribution in [3.05, 3.63) is 46.4 Å².